The highest BCUT2D eigenvalue weighted by atomic mass is 16.7. The summed E-state index contributed by atoms with van der Waals surface area (Å²) in [5.74, 6) is -0.0797. The van der Waals surface area contributed by atoms with Crippen LogP contribution >= 0.6 is 0 Å². The summed E-state index contributed by atoms with van der Waals surface area (Å²) in [7, 11) is 0. The van der Waals surface area contributed by atoms with Gasteiger partial charge in [-0.25, -0.2) is 0 Å². The van der Waals surface area contributed by atoms with Crippen LogP contribution in [0.2, 0.25) is 0 Å². The van der Waals surface area contributed by atoms with E-state index in [9.17, 15) is 4.79 Å². The number of hydrogen-bond acceptors (Lipinski definition) is 4. The second-order valence-electron chi connectivity index (χ2n) is 6.54. The fourth-order valence-electron chi connectivity index (χ4n) is 3.37. The topological polar surface area (TPSA) is 53.9 Å². The van der Waals surface area contributed by atoms with Crippen molar-refractivity contribution in [3.8, 4) is 0 Å². The number of nitrogens with one attached hydrogen (secondary N) is 1. The highest BCUT2D eigenvalue weighted by Crippen LogP contribution is 2.34. The van der Waals surface area contributed by atoms with Crippen LogP contribution in [0.15, 0.2) is 35.5 Å². The van der Waals surface area contributed by atoms with E-state index in [0.29, 0.717) is 18.7 Å². The number of rotatable bonds is 5. The number of carbonyl (C=O) groups is 1. The van der Waals surface area contributed by atoms with Crippen LogP contribution in [0, 0.1) is 0 Å². The van der Waals surface area contributed by atoms with Crippen LogP contribution in [0.5, 0.6) is 0 Å². The Labute approximate surface area is 137 Å². The largest absolute Gasteiger partial charge is 0.387 e. The number of likely N-dealkylation sites (tertiary alicyclic amines) is 1. The number of benzene rings is 1. The van der Waals surface area contributed by atoms with Crippen molar-refractivity contribution in [1.29, 1.82) is 0 Å². The summed E-state index contributed by atoms with van der Waals surface area (Å²) in [5.41, 5.74) is 1.54. The van der Waals surface area contributed by atoms with E-state index in [1.165, 1.54) is 5.56 Å². The van der Waals surface area contributed by atoms with Gasteiger partial charge in [0, 0.05) is 26.1 Å². The lowest BCUT2D eigenvalue weighted by molar-refractivity contribution is -0.114. The zero-order valence-corrected chi connectivity index (χ0v) is 13.8. The lowest BCUT2D eigenvalue weighted by Gasteiger charge is -2.38. The second kappa shape index (κ2) is 7.13. The number of carbonyl (C=O) groups excluding carboxylic acids is 1. The first-order valence-electron chi connectivity index (χ1n) is 8.50. The van der Waals surface area contributed by atoms with Crippen molar-refractivity contribution in [1.82, 2.24) is 10.2 Å². The van der Waals surface area contributed by atoms with Crippen LogP contribution in [0.4, 0.5) is 0 Å². The Kier molecular flexibility index (Phi) is 4.96. The van der Waals surface area contributed by atoms with Crippen molar-refractivity contribution in [2.75, 3.05) is 19.6 Å². The molecule has 1 amide bonds. The van der Waals surface area contributed by atoms with Crippen molar-refractivity contribution in [3.05, 3.63) is 35.9 Å². The summed E-state index contributed by atoms with van der Waals surface area (Å²) in [6.45, 7) is 5.54. The fourth-order valence-corrected chi connectivity index (χ4v) is 3.37. The summed E-state index contributed by atoms with van der Waals surface area (Å²) in [6.07, 6.45) is 3.59. The Balaban J connectivity index is 1.58. The minimum atomic E-state index is -0.314. The molecule has 1 spiro atoms. The molecule has 2 aliphatic heterocycles. The van der Waals surface area contributed by atoms with Gasteiger partial charge in [-0.05, 0) is 31.4 Å². The molecule has 1 atom stereocenters. The first kappa shape index (κ1) is 16.0. The number of hydrogen-bond donors (Lipinski definition) is 1. The quantitative estimate of drug-likeness (QED) is 0.907. The average molecular weight is 315 g/mol. The van der Waals surface area contributed by atoms with Gasteiger partial charge < -0.3 is 10.2 Å². The van der Waals surface area contributed by atoms with E-state index in [1.807, 2.05) is 13.0 Å². The predicted octanol–water partition coefficient (Wildman–Crippen LogP) is 2.32. The van der Waals surface area contributed by atoms with Gasteiger partial charge in [-0.3, -0.25) is 9.69 Å². The van der Waals surface area contributed by atoms with Gasteiger partial charge in [0.15, 0.2) is 5.60 Å². The molecular formula is C18H25N3O2. The van der Waals surface area contributed by atoms with Gasteiger partial charge in [0.05, 0.1) is 0 Å². The zero-order chi connectivity index (χ0) is 16.1. The SMILES string of the molecule is CCCNC(=O)C1=NOC2(CCCN(Cc3ccccc3)C2)C1. The van der Waals surface area contributed by atoms with Gasteiger partial charge in [-0.15, -0.1) is 0 Å². The highest BCUT2D eigenvalue weighted by Gasteiger charge is 2.44. The number of amides is 1. The van der Waals surface area contributed by atoms with E-state index >= 15 is 0 Å². The number of piperidine rings is 1. The molecule has 1 aromatic carbocycles. The predicted molar refractivity (Wildman–Crippen MR) is 90.1 cm³/mol. The van der Waals surface area contributed by atoms with Gasteiger partial charge >= 0.3 is 0 Å². The van der Waals surface area contributed by atoms with Gasteiger partial charge in [-0.2, -0.15) is 0 Å². The molecule has 2 heterocycles. The lowest BCUT2D eigenvalue weighted by atomic mass is 9.88. The summed E-state index contributed by atoms with van der Waals surface area (Å²) in [5, 5.41) is 6.97. The molecule has 1 fully saturated rings. The maximum absolute atomic E-state index is 12.1. The van der Waals surface area contributed by atoms with Crippen LogP contribution in [0.25, 0.3) is 0 Å². The maximum Gasteiger partial charge on any atom is 0.269 e. The maximum atomic E-state index is 12.1. The van der Waals surface area contributed by atoms with Gasteiger partial charge in [0.25, 0.3) is 5.91 Å². The molecule has 124 valence electrons. The first-order chi connectivity index (χ1) is 11.2. The normalized spacial score (nSPS) is 24.3. The molecule has 0 saturated carbocycles. The van der Waals surface area contributed by atoms with E-state index in [2.05, 4.69) is 39.6 Å². The van der Waals surface area contributed by atoms with Crippen molar-refractivity contribution in [2.45, 2.75) is 44.8 Å². The molecule has 1 unspecified atom stereocenters. The summed E-state index contributed by atoms with van der Waals surface area (Å²) < 4.78 is 0. The van der Waals surface area contributed by atoms with Gasteiger partial charge in [-0.1, -0.05) is 42.4 Å². The van der Waals surface area contributed by atoms with E-state index in [1.54, 1.807) is 0 Å². The van der Waals surface area contributed by atoms with Crippen molar-refractivity contribution >= 4 is 11.6 Å². The van der Waals surface area contributed by atoms with Crippen LogP contribution in [0.1, 0.15) is 38.2 Å². The minimum absolute atomic E-state index is 0.0797. The number of oxime groups is 1. The second-order valence-corrected chi connectivity index (χ2v) is 6.54. The highest BCUT2D eigenvalue weighted by molar-refractivity contribution is 6.39. The molecule has 0 aliphatic carbocycles. The first-order valence-corrected chi connectivity index (χ1v) is 8.50. The van der Waals surface area contributed by atoms with Crippen molar-refractivity contribution in [3.63, 3.8) is 0 Å². The molecule has 0 aromatic heterocycles. The molecule has 3 rings (SSSR count). The molecular weight excluding hydrogens is 290 g/mol. The minimum Gasteiger partial charge on any atom is -0.387 e. The Bertz CT molecular complexity index is 573. The molecule has 5 nitrogen and oxygen atoms in total. The van der Waals surface area contributed by atoms with Gasteiger partial charge in [0.2, 0.25) is 0 Å². The smallest absolute Gasteiger partial charge is 0.269 e. The Morgan fingerprint density at radius 1 is 1.39 bits per heavy atom. The summed E-state index contributed by atoms with van der Waals surface area (Å²) in [6, 6.07) is 10.5. The van der Waals surface area contributed by atoms with Crippen LogP contribution in [0.3, 0.4) is 0 Å². The van der Waals surface area contributed by atoms with E-state index in [4.69, 9.17) is 4.84 Å². The van der Waals surface area contributed by atoms with E-state index < -0.39 is 0 Å². The van der Waals surface area contributed by atoms with Crippen molar-refractivity contribution in [2.24, 2.45) is 5.16 Å². The van der Waals surface area contributed by atoms with Crippen molar-refractivity contribution < 1.29 is 9.63 Å². The van der Waals surface area contributed by atoms with Gasteiger partial charge in [0.1, 0.15) is 5.71 Å². The third-order valence-corrected chi connectivity index (χ3v) is 4.50. The molecule has 1 saturated heterocycles. The third-order valence-electron chi connectivity index (χ3n) is 4.50. The molecule has 5 heteroatoms. The monoisotopic (exact) mass is 315 g/mol. The molecule has 23 heavy (non-hydrogen) atoms. The Morgan fingerprint density at radius 3 is 3.00 bits per heavy atom. The summed E-state index contributed by atoms with van der Waals surface area (Å²) in [4.78, 5) is 20.2. The Morgan fingerprint density at radius 2 is 2.22 bits per heavy atom. The molecule has 0 bridgehead atoms. The van der Waals surface area contributed by atoms with E-state index in [0.717, 1.165) is 38.9 Å². The molecule has 0 radical (unpaired) electrons. The Hall–Kier alpha value is -1.88. The fraction of sp³-hybridized carbons (Fsp3) is 0.556. The van der Waals surface area contributed by atoms with Crippen LogP contribution in [-0.4, -0.2) is 41.8 Å². The average Bonchev–Trinajstić information content (AvgIpc) is 2.97. The standard InChI is InChI=1S/C18H25N3O2/c1-2-10-19-17(22)16-12-18(23-20-16)9-6-11-21(14-18)13-15-7-4-3-5-8-15/h3-5,7-8H,2,6,9-14H2,1H3,(H,19,22). The van der Waals surface area contributed by atoms with Crippen LogP contribution < -0.4 is 5.32 Å². The zero-order valence-electron chi connectivity index (χ0n) is 13.8. The molecule has 1 N–H and O–H groups in total. The molecule has 2 aliphatic rings. The lowest BCUT2D eigenvalue weighted by Crippen LogP contribution is -2.48. The summed E-state index contributed by atoms with van der Waals surface area (Å²) >= 11 is 0. The van der Waals surface area contributed by atoms with Crippen LogP contribution in [-0.2, 0) is 16.2 Å². The molecule has 1 aromatic rings. The van der Waals surface area contributed by atoms with E-state index in [-0.39, 0.29) is 11.5 Å². The third kappa shape index (κ3) is 3.91. The number of nitrogens with zero attached hydrogens (tertiary/aromatic N) is 2.